The molecule has 170 valence electrons. The van der Waals surface area contributed by atoms with Crippen molar-refractivity contribution in [2.24, 2.45) is 5.92 Å². The molecule has 1 aromatic carbocycles. The van der Waals surface area contributed by atoms with Crippen molar-refractivity contribution in [3.05, 3.63) is 51.9 Å². The van der Waals surface area contributed by atoms with Crippen LogP contribution in [0.1, 0.15) is 47.8 Å². The quantitative estimate of drug-likeness (QED) is 0.596. The maximum absolute atomic E-state index is 13.0. The van der Waals surface area contributed by atoms with Gasteiger partial charge in [-0.25, -0.2) is 4.98 Å². The highest BCUT2D eigenvalue weighted by molar-refractivity contribution is 8.45. The van der Waals surface area contributed by atoms with Gasteiger partial charge in [0.25, 0.3) is 11.5 Å². The van der Waals surface area contributed by atoms with Gasteiger partial charge in [-0.2, -0.15) is 0 Å². The van der Waals surface area contributed by atoms with E-state index in [1.54, 1.807) is 0 Å². The van der Waals surface area contributed by atoms with Gasteiger partial charge in [0.05, 0.1) is 6.04 Å². The molecule has 1 amide bonds. The maximum atomic E-state index is 13.0. The second-order valence-corrected chi connectivity index (χ2v) is 10.4. The number of carbonyl (C=O) groups is 1. The van der Waals surface area contributed by atoms with E-state index in [0.29, 0.717) is 31.2 Å². The zero-order valence-corrected chi connectivity index (χ0v) is 17.1. The predicted octanol–water partition coefficient (Wildman–Crippen LogP) is 4.91. The Morgan fingerprint density at radius 2 is 1.71 bits per heavy atom. The topological polar surface area (TPSA) is 78.1 Å². The van der Waals surface area contributed by atoms with Crippen LogP contribution in [0.2, 0.25) is 0 Å². The fourth-order valence-corrected chi connectivity index (χ4v) is 4.34. The van der Waals surface area contributed by atoms with Crippen molar-refractivity contribution in [1.82, 2.24) is 15.3 Å². The van der Waals surface area contributed by atoms with Gasteiger partial charge >= 0.3 is 10.2 Å². The fraction of sp³-hybridized carbons (Fsp3) is 0.421. The van der Waals surface area contributed by atoms with Crippen molar-refractivity contribution in [2.75, 3.05) is 18.0 Å². The molecule has 0 radical (unpaired) electrons. The van der Waals surface area contributed by atoms with Gasteiger partial charge in [-0.3, -0.25) is 14.6 Å². The van der Waals surface area contributed by atoms with Crippen molar-refractivity contribution in [3.8, 4) is 0 Å². The minimum atomic E-state index is -9.76. The first-order chi connectivity index (χ1) is 14.3. The summed E-state index contributed by atoms with van der Waals surface area (Å²) in [6.45, 7) is 1.41. The SMILES string of the molecule is O=C(N[C@@H](c1ccc(S(F)(F)(F)(F)F)cc1)C1CC1)c1cc(=O)[nH]c(N2CCCC2)n1. The highest BCUT2D eigenvalue weighted by Crippen LogP contribution is 3.02. The lowest BCUT2D eigenvalue weighted by molar-refractivity contribution is 0.0926. The van der Waals surface area contributed by atoms with Crippen molar-refractivity contribution in [3.63, 3.8) is 0 Å². The first-order valence-corrected chi connectivity index (χ1v) is 11.8. The highest BCUT2D eigenvalue weighted by atomic mass is 32.5. The Morgan fingerprint density at radius 1 is 1.10 bits per heavy atom. The van der Waals surface area contributed by atoms with E-state index in [1.807, 2.05) is 4.90 Å². The van der Waals surface area contributed by atoms with E-state index >= 15 is 0 Å². The Hall–Kier alpha value is -2.63. The number of nitrogens with one attached hydrogen (secondary N) is 2. The fourth-order valence-electron chi connectivity index (χ4n) is 3.69. The van der Waals surface area contributed by atoms with Gasteiger partial charge in [0.1, 0.15) is 10.6 Å². The molecule has 2 fully saturated rings. The minimum absolute atomic E-state index is 0.0326. The third-order valence-electron chi connectivity index (χ3n) is 5.43. The van der Waals surface area contributed by atoms with Crippen LogP contribution in [0.5, 0.6) is 0 Å². The number of halogens is 5. The summed E-state index contributed by atoms with van der Waals surface area (Å²) in [7, 11) is -9.76. The van der Waals surface area contributed by atoms with Crippen LogP contribution in [-0.4, -0.2) is 29.0 Å². The lowest BCUT2D eigenvalue weighted by atomic mass is 10.0. The van der Waals surface area contributed by atoms with Crippen LogP contribution < -0.4 is 15.8 Å². The summed E-state index contributed by atoms with van der Waals surface area (Å²) < 4.78 is 64.9. The van der Waals surface area contributed by atoms with Crippen LogP contribution in [0, 0.1) is 5.92 Å². The van der Waals surface area contributed by atoms with E-state index in [0.717, 1.165) is 43.9 Å². The van der Waals surface area contributed by atoms with Crippen LogP contribution in [0.4, 0.5) is 25.4 Å². The van der Waals surface area contributed by atoms with E-state index in [2.05, 4.69) is 15.3 Å². The Kier molecular flexibility index (Phi) is 4.65. The average Bonchev–Trinajstić information content (AvgIpc) is 3.36. The first-order valence-electron chi connectivity index (χ1n) is 9.81. The molecule has 12 heteroatoms. The molecule has 1 atom stereocenters. The Labute approximate surface area is 174 Å². The van der Waals surface area contributed by atoms with Crippen molar-refractivity contribution in [1.29, 1.82) is 0 Å². The molecule has 1 saturated heterocycles. The average molecular weight is 464 g/mol. The molecule has 0 unspecified atom stereocenters. The smallest absolute Gasteiger partial charge is 0.310 e. The number of anilines is 1. The van der Waals surface area contributed by atoms with Gasteiger partial charge in [-0.15, -0.1) is 0 Å². The second-order valence-electron chi connectivity index (χ2n) is 7.97. The van der Waals surface area contributed by atoms with Gasteiger partial charge in [0, 0.05) is 19.2 Å². The van der Waals surface area contributed by atoms with Gasteiger partial charge in [-0.05, 0) is 49.3 Å². The third kappa shape index (κ3) is 5.00. The lowest BCUT2D eigenvalue weighted by Gasteiger charge is -2.40. The molecule has 1 aliphatic carbocycles. The number of hydrogen-bond donors (Lipinski definition) is 2. The number of aromatic amines is 1. The first kappa shape index (κ1) is 21.6. The van der Waals surface area contributed by atoms with Crippen LogP contribution in [-0.2, 0) is 0 Å². The maximum Gasteiger partial charge on any atom is 0.310 e. The van der Waals surface area contributed by atoms with E-state index in [9.17, 15) is 29.0 Å². The van der Waals surface area contributed by atoms with Crippen LogP contribution in [0.15, 0.2) is 40.0 Å². The van der Waals surface area contributed by atoms with E-state index in [1.165, 1.54) is 0 Å². The summed E-state index contributed by atoms with van der Waals surface area (Å²) in [5.41, 5.74) is -0.323. The third-order valence-corrected chi connectivity index (χ3v) is 6.60. The zero-order valence-electron chi connectivity index (χ0n) is 16.3. The largest absolute Gasteiger partial charge is 0.344 e. The van der Waals surface area contributed by atoms with E-state index in [4.69, 9.17) is 0 Å². The number of amides is 1. The number of aromatic nitrogens is 2. The molecule has 6 nitrogen and oxygen atoms in total. The molecular formula is C19H21F5N4O2S. The Bertz CT molecular complexity index is 1060. The van der Waals surface area contributed by atoms with Crippen molar-refractivity contribution < 1.29 is 24.2 Å². The number of hydrogen-bond acceptors (Lipinski definition) is 4. The predicted molar refractivity (Wildman–Crippen MR) is 107 cm³/mol. The molecule has 1 aromatic heterocycles. The van der Waals surface area contributed by atoms with Crippen molar-refractivity contribution >= 4 is 22.1 Å². The summed E-state index contributed by atoms with van der Waals surface area (Å²) in [6.07, 6.45) is 3.35. The summed E-state index contributed by atoms with van der Waals surface area (Å²) in [5, 5.41) is 2.70. The van der Waals surface area contributed by atoms with Crippen molar-refractivity contribution in [2.45, 2.75) is 36.6 Å². The molecule has 2 aromatic rings. The van der Waals surface area contributed by atoms with E-state index in [-0.39, 0.29) is 17.2 Å². The molecule has 31 heavy (non-hydrogen) atoms. The van der Waals surface area contributed by atoms with Gasteiger partial charge < -0.3 is 10.2 Å². The molecule has 1 saturated carbocycles. The standard InChI is InChI=1S/C19H21F5N4O2S/c20-31(21,22,23,24)14-7-5-13(6-8-14)17(12-3-4-12)27-18(30)15-11-16(29)26-19(25-15)28-9-1-2-10-28/h5-8,11-12,17H,1-4,9-10H2,(H,27,30)(H,25,26,29)/t17-/m1/s1. The Morgan fingerprint density at radius 3 is 2.26 bits per heavy atom. The summed E-state index contributed by atoms with van der Waals surface area (Å²) in [4.78, 5) is 31.5. The van der Waals surface area contributed by atoms with Crippen LogP contribution >= 0.6 is 10.2 Å². The minimum Gasteiger partial charge on any atom is -0.344 e. The molecular weight excluding hydrogens is 443 g/mol. The molecule has 2 heterocycles. The number of carbonyl (C=O) groups excluding carboxylic acids is 1. The molecule has 4 rings (SSSR count). The zero-order chi connectivity index (χ0) is 22.5. The Balaban J connectivity index is 1.57. The summed E-state index contributed by atoms with van der Waals surface area (Å²) in [5.74, 6) is -0.395. The second kappa shape index (κ2) is 6.68. The monoisotopic (exact) mass is 464 g/mol. The van der Waals surface area contributed by atoms with Gasteiger partial charge in [-0.1, -0.05) is 31.6 Å². The highest BCUT2D eigenvalue weighted by Gasteiger charge is 2.65. The van der Waals surface area contributed by atoms with Gasteiger partial charge in [0.15, 0.2) is 0 Å². The number of H-pyrrole nitrogens is 1. The molecule has 0 spiro atoms. The molecule has 2 N–H and O–H groups in total. The normalized spacial score (nSPS) is 20.1. The summed E-state index contributed by atoms with van der Waals surface area (Å²) >= 11 is 0. The van der Waals surface area contributed by atoms with Crippen LogP contribution in [0.3, 0.4) is 0 Å². The number of rotatable bonds is 6. The lowest BCUT2D eigenvalue weighted by Crippen LogP contribution is -2.33. The summed E-state index contributed by atoms with van der Waals surface area (Å²) in [6, 6.07) is 2.98. The number of nitrogens with zero attached hydrogens (tertiary/aromatic N) is 2. The molecule has 1 aliphatic heterocycles. The number of benzene rings is 1. The molecule has 2 aliphatic rings. The van der Waals surface area contributed by atoms with E-state index < -0.39 is 32.6 Å². The molecule has 0 bridgehead atoms. The van der Waals surface area contributed by atoms with Crippen LogP contribution in [0.25, 0.3) is 0 Å². The van der Waals surface area contributed by atoms with Gasteiger partial charge in [0.2, 0.25) is 5.95 Å².